The number of allylic oxidation sites excluding steroid dienone is 4. The first kappa shape index (κ1) is 22.3. The number of ketones is 1. The molecular formula is C26H36O5. The maximum absolute atomic E-state index is 12.2. The maximum atomic E-state index is 12.2. The fourth-order valence-corrected chi connectivity index (χ4v) is 7.91. The Morgan fingerprint density at radius 2 is 1.84 bits per heavy atom. The molecule has 4 aliphatic carbocycles. The van der Waals surface area contributed by atoms with Gasteiger partial charge in [0.15, 0.2) is 5.78 Å². The van der Waals surface area contributed by atoms with Crippen molar-refractivity contribution in [1.29, 1.82) is 0 Å². The van der Waals surface area contributed by atoms with Crippen LogP contribution < -0.4 is 0 Å². The van der Waals surface area contributed by atoms with Crippen LogP contribution in [0, 0.1) is 34.5 Å². The first-order valence-corrected chi connectivity index (χ1v) is 11.8. The molecule has 0 aromatic heterocycles. The molecule has 3 saturated carbocycles. The quantitative estimate of drug-likeness (QED) is 0.604. The van der Waals surface area contributed by atoms with Gasteiger partial charge >= 0.3 is 11.9 Å². The number of hydrogen-bond donors (Lipinski definition) is 0. The highest BCUT2D eigenvalue weighted by Gasteiger charge is 2.64. The zero-order valence-corrected chi connectivity index (χ0v) is 19.7. The topological polar surface area (TPSA) is 69.7 Å². The molecule has 3 fully saturated rings. The van der Waals surface area contributed by atoms with Crippen molar-refractivity contribution in [3.8, 4) is 0 Å². The van der Waals surface area contributed by atoms with E-state index in [1.54, 1.807) is 0 Å². The van der Waals surface area contributed by atoms with Gasteiger partial charge in [0.2, 0.25) is 0 Å². The average molecular weight is 429 g/mol. The van der Waals surface area contributed by atoms with Gasteiger partial charge in [-0.05, 0) is 75.9 Å². The minimum Gasteiger partial charge on any atom is -0.463 e. The minimum atomic E-state index is -0.261. The second kappa shape index (κ2) is 7.60. The number of hydrogen-bond acceptors (Lipinski definition) is 5. The van der Waals surface area contributed by atoms with Crippen LogP contribution in [0.4, 0.5) is 0 Å². The standard InChI is InChI=1S/C26H36O5/c1-14-11-19(29)12-18-7-8-20-22(26(14,18)6)9-10-25(5)23(31-17(4)28)13-21(24(20)25)15(2)30-16(3)27/h11-12,15,20-24H,7-10,13H2,1-6H3/t15-,20+,21-,22-,23-,24+,25+,26-/m0/s1. The number of rotatable bonds is 3. The SMILES string of the molecule is CC(=O)O[C@@H](C)[C@@H]1C[C@H](OC(C)=O)[C@@]2(C)CC[C@H]3[C@@H](CCC4=CC(=O)C=C(C)[C@@]43C)[C@H]12. The van der Waals surface area contributed by atoms with Gasteiger partial charge < -0.3 is 9.47 Å². The van der Waals surface area contributed by atoms with E-state index in [1.807, 2.05) is 19.1 Å². The fraction of sp³-hybridized carbons (Fsp3) is 0.731. The van der Waals surface area contributed by atoms with Crippen LogP contribution in [0.2, 0.25) is 0 Å². The highest BCUT2D eigenvalue weighted by Crippen LogP contribution is 2.67. The summed E-state index contributed by atoms with van der Waals surface area (Å²) < 4.78 is 11.6. The predicted molar refractivity (Wildman–Crippen MR) is 117 cm³/mol. The lowest BCUT2D eigenvalue weighted by Crippen LogP contribution is -2.53. The van der Waals surface area contributed by atoms with Crippen molar-refractivity contribution in [3.05, 3.63) is 23.3 Å². The van der Waals surface area contributed by atoms with Crippen LogP contribution in [0.1, 0.15) is 73.6 Å². The smallest absolute Gasteiger partial charge is 0.302 e. The molecule has 0 saturated heterocycles. The highest BCUT2D eigenvalue weighted by molar-refractivity contribution is 6.02. The zero-order chi connectivity index (χ0) is 22.7. The Morgan fingerprint density at radius 1 is 1.13 bits per heavy atom. The van der Waals surface area contributed by atoms with Gasteiger partial charge in [-0.15, -0.1) is 0 Å². The molecule has 31 heavy (non-hydrogen) atoms. The molecular weight excluding hydrogens is 392 g/mol. The number of carbonyl (C=O) groups is 3. The molecule has 0 radical (unpaired) electrons. The lowest BCUT2D eigenvalue weighted by molar-refractivity contribution is -0.157. The molecule has 8 atom stereocenters. The third-order valence-electron chi connectivity index (χ3n) is 9.33. The first-order valence-electron chi connectivity index (χ1n) is 11.8. The zero-order valence-electron chi connectivity index (χ0n) is 19.7. The Labute approximate surface area is 185 Å². The average Bonchev–Trinajstić information content (AvgIpc) is 2.95. The molecule has 4 aliphatic rings. The molecule has 5 heteroatoms. The number of fused-ring (bicyclic) bond motifs is 5. The van der Waals surface area contributed by atoms with Crippen LogP contribution in [0.3, 0.4) is 0 Å². The molecule has 0 aliphatic heterocycles. The van der Waals surface area contributed by atoms with E-state index in [-0.39, 0.29) is 46.7 Å². The van der Waals surface area contributed by atoms with Gasteiger partial charge in [0.05, 0.1) is 0 Å². The molecule has 0 aromatic rings. The van der Waals surface area contributed by atoms with E-state index in [0.717, 1.165) is 32.1 Å². The van der Waals surface area contributed by atoms with Crippen LogP contribution in [0.25, 0.3) is 0 Å². The second-order valence-corrected chi connectivity index (χ2v) is 10.8. The predicted octanol–water partition coefficient (Wildman–Crippen LogP) is 4.79. The fourth-order valence-electron chi connectivity index (χ4n) is 7.91. The molecule has 0 N–H and O–H groups in total. The van der Waals surface area contributed by atoms with E-state index in [9.17, 15) is 14.4 Å². The van der Waals surface area contributed by atoms with Gasteiger partial charge in [0, 0.05) is 30.6 Å². The first-order chi connectivity index (χ1) is 14.5. The molecule has 0 aromatic carbocycles. The Hall–Kier alpha value is -1.91. The number of ether oxygens (including phenoxy) is 2. The Morgan fingerprint density at radius 3 is 2.48 bits per heavy atom. The van der Waals surface area contributed by atoms with Crippen LogP contribution in [0.5, 0.6) is 0 Å². The summed E-state index contributed by atoms with van der Waals surface area (Å²) in [6.45, 7) is 11.6. The van der Waals surface area contributed by atoms with Crippen molar-refractivity contribution in [1.82, 2.24) is 0 Å². The van der Waals surface area contributed by atoms with Crippen molar-refractivity contribution in [2.45, 2.75) is 85.9 Å². The summed E-state index contributed by atoms with van der Waals surface area (Å²) in [5.74, 6) is 0.977. The van der Waals surface area contributed by atoms with Crippen molar-refractivity contribution in [2.24, 2.45) is 34.5 Å². The molecule has 4 rings (SSSR count). The second-order valence-electron chi connectivity index (χ2n) is 10.8. The monoisotopic (exact) mass is 428 g/mol. The number of carbonyl (C=O) groups excluding carboxylic acids is 3. The normalized spacial score (nSPS) is 42.4. The van der Waals surface area contributed by atoms with Crippen LogP contribution in [-0.4, -0.2) is 29.9 Å². The summed E-state index contributed by atoms with van der Waals surface area (Å²) in [7, 11) is 0. The lowest BCUT2D eigenvalue weighted by Gasteiger charge is -2.58. The summed E-state index contributed by atoms with van der Waals surface area (Å²) in [5.41, 5.74) is 2.24. The van der Waals surface area contributed by atoms with Crippen molar-refractivity contribution >= 4 is 17.7 Å². The van der Waals surface area contributed by atoms with E-state index in [1.165, 1.54) is 25.0 Å². The van der Waals surface area contributed by atoms with E-state index in [0.29, 0.717) is 17.8 Å². The Kier molecular flexibility index (Phi) is 5.46. The van der Waals surface area contributed by atoms with Crippen molar-refractivity contribution in [3.63, 3.8) is 0 Å². The van der Waals surface area contributed by atoms with Gasteiger partial charge in [-0.25, -0.2) is 0 Å². The summed E-state index contributed by atoms with van der Waals surface area (Å²) in [5, 5.41) is 0. The molecule has 0 bridgehead atoms. The maximum Gasteiger partial charge on any atom is 0.302 e. The third kappa shape index (κ3) is 3.39. The third-order valence-corrected chi connectivity index (χ3v) is 9.33. The van der Waals surface area contributed by atoms with E-state index >= 15 is 0 Å². The Balaban J connectivity index is 1.74. The lowest BCUT2D eigenvalue weighted by atomic mass is 9.46. The minimum absolute atomic E-state index is 0.0904. The van der Waals surface area contributed by atoms with E-state index in [2.05, 4.69) is 20.8 Å². The largest absolute Gasteiger partial charge is 0.463 e. The Bertz CT molecular complexity index is 869. The van der Waals surface area contributed by atoms with E-state index < -0.39 is 0 Å². The van der Waals surface area contributed by atoms with Gasteiger partial charge in [0.25, 0.3) is 0 Å². The van der Waals surface area contributed by atoms with Gasteiger partial charge in [0.1, 0.15) is 12.2 Å². The van der Waals surface area contributed by atoms with Gasteiger partial charge in [-0.1, -0.05) is 25.0 Å². The van der Waals surface area contributed by atoms with E-state index in [4.69, 9.17) is 9.47 Å². The molecule has 0 amide bonds. The summed E-state index contributed by atoms with van der Waals surface area (Å²) in [6.07, 6.45) is 8.05. The highest BCUT2D eigenvalue weighted by atomic mass is 16.5. The van der Waals surface area contributed by atoms with Crippen LogP contribution in [-0.2, 0) is 23.9 Å². The summed E-state index contributed by atoms with van der Waals surface area (Å²) in [4.78, 5) is 35.9. The summed E-state index contributed by atoms with van der Waals surface area (Å²) in [6, 6.07) is 0. The van der Waals surface area contributed by atoms with Crippen LogP contribution in [0.15, 0.2) is 23.3 Å². The molecule has 0 heterocycles. The molecule has 170 valence electrons. The number of esters is 2. The molecule has 5 nitrogen and oxygen atoms in total. The van der Waals surface area contributed by atoms with Gasteiger partial charge in [-0.2, -0.15) is 0 Å². The van der Waals surface area contributed by atoms with Crippen molar-refractivity contribution in [2.75, 3.05) is 0 Å². The van der Waals surface area contributed by atoms with Crippen molar-refractivity contribution < 1.29 is 23.9 Å². The summed E-state index contributed by atoms with van der Waals surface area (Å²) >= 11 is 0. The van der Waals surface area contributed by atoms with Crippen LogP contribution >= 0.6 is 0 Å². The molecule has 0 unspecified atom stereocenters. The van der Waals surface area contributed by atoms with Gasteiger partial charge in [-0.3, -0.25) is 14.4 Å². The molecule has 0 spiro atoms.